The maximum atomic E-state index is 12.9. The van der Waals surface area contributed by atoms with Crippen LogP contribution in [-0.4, -0.2) is 19.8 Å². The number of rotatable bonds is 7. The van der Waals surface area contributed by atoms with E-state index < -0.39 is 0 Å². The van der Waals surface area contributed by atoms with Crippen LogP contribution in [0.3, 0.4) is 0 Å². The predicted molar refractivity (Wildman–Crippen MR) is 167 cm³/mol. The number of pyridine rings is 1. The fourth-order valence-electron chi connectivity index (χ4n) is 4.09. The Hall–Kier alpha value is -3.81. The molecule has 2 aromatic heterocycles. The van der Waals surface area contributed by atoms with Crippen molar-refractivity contribution in [2.24, 2.45) is 0 Å². The molecule has 0 amide bonds. The number of benzene rings is 2. The Balaban J connectivity index is 0.000000183. The molecule has 4 aromatic rings. The second kappa shape index (κ2) is 12.8. The Morgan fingerprint density at radius 1 is 1.21 bits per heavy atom. The van der Waals surface area contributed by atoms with Crippen LogP contribution in [0.2, 0.25) is 5.02 Å². The summed E-state index contributed by atoms with van der Waals surface area (Å²) in [5.74, 6) is 0.635. The van der Waals surface area contributed by atoms with E-state index in [1.807, 2.05) is 74.2 Å². The molecule has 6 nitrogen and oxygen atoms in total. The van der Waals surface area contributed by atoms with Gasteiger partial charge in [-0.3, -0.25) is 9.36 Å². The molecule has 1 fully saturated rings. The molecule has 0 radical (unpaired) electrons. The Morgan fingerprint density at radius 3 is 2.64 bits per heavy atom. The first-order valence-electron chi connectivity index (χ1n) is 12.8. The van der Waals surface area contributed by atoms with E-state index in [-0.39, 0.29) is 11.5 Å². The zero-order valence-corrected chi connectivity index (χ0v) is 23.7. The Bertz CT molecular complexity index is 1620. The van der Waals surface area contributed by atoms with Crippen molar-refractivity contribution >= 4 is 51.6 Å². The number of hydrogen-bond donors (Lipinski definition) is 2. The number of halogens is 1. The van der Waals surface area contributed by atoms with Gasteiger partial charge in [0.2, 0.25) is 5.95 Å². The van der Waals surface area contributed by atoms with Crippen LogP contribution in [0.5, 0.6) is 0 Å². The lowest BCUT2D eigenvalue weighted by Crippen LogP contribution is -2.22. The van der Waals surface area contributed by atoms with E-state index >= 15 is 0 Å². The van der Waals surface area contributed by atoms with E-state index in [0.29, 0.717) is 16.2 Å². The van der Waals surface area contributed by atoms with Crippen molar-refractivity contribution in [3.05, 3.63) is 107 Å². The number of anilines is 2. The summed E-state index contributed by atoms with van der Waals surface area (Å²) in [7, 11) is 0. The fourth-order valence-corrected chi connectivity index (χ4v) is 5.46. The number of nitrogen functional groups attached to an aromatic ring is 2. The molecule has 39 heavy (non-hydrogen) atoms. The molecule has 5 rings (SSSR count). The summed E-state index contributed by atoms with van der Waals surface area (Å²) in [5, 5.41) is 2.68. The van der Waals surface area contributed by atoms with Crippen molar-refractivity contribution in [2.75, 3.05) is 11.5 Å². The number of aryl methyl sites for hydroxylation is 1. The maximum Gasteiger partial charge on any atom is 0.264 e. The highest BCUT2D eigenvalue weighted by Gasteiger charge is 2.22. The van der Waals surface area contributed by atoms with Gasteiger partial charge in [-0.05, 0) is 73.6 Å². The summed E-state index contributed by atoms with van der Waals surface area (Å²) < 4.78 is 1.68. The lowest BCUT2D eigenvalue weighted by atomic mass is 10.1. The van der Waals surface area contributed by atoms with Crippen molar-refractivity contribution in [3.8, 4) is 11.1 Å². The molecule has 4 N–H and O–H groups in total. The van der Waals surface area contributed by atoms with Crippen LogP contribution < -0.4 is 17.0 Å². The van der Waals surface area contributed by atoms with E-state index in [4.69, 9.17) is 23.1 Å². The molecule has 0 saturated heterocycles. The van der Waals surface area contributed by atoms with E-state index in [9.17, 15) is 4.79 Å². The van der Waals surface area contributed by atoms with Crippen LogP contribution in [0.1, 0.15) is 32.4 Å². The largest absolute Gasteiger partial charge is 0.383 e. The number of nitrogens with two attached hydrogens (primary N) is 2. The molecule has 1 saturated carbocycles. The molecule has 1 aliphatic rings. The lowest BCUT2D eigenvalue weighted by molar-refractivity contribution is 0.912. The zero-order valence-electron chi connectivity index (χ0n) is 22.1. The van der Waals surface area contributed by atoms with Gasteiger partial charge in [0, 0.05) is 33.3 Å². The molecule has 2 aromatic carbocycles. The fraction of sp³-hybridized carbons (Fsp3) is 0.194. The van der Waals surface area contributed by atoms with Gasteiger partial charge in [-0.1, -0.05) is 61.5 Å². The van der Waals surface area contributed by atoms with Crippen molar-refractivity contribution < 1.29 is 0 Å². The first-order chi connectivity index (χ1) is 18.9. The third-order valence-corrected chi connectivity index (χ3v) is 7.82. The Morgan fingerprint density at radius 2 is 1.97 bits per heavy atom. The molecule has 8 heteroatoms. The molecule has 200 valence electrons. The summed E-state index contributed by atoms with van der Waals surface area (Å²) in [6, 6.07) is 15.8. The molecule has 0 spiro atoms. The molecule has 1 aliphatic carbocycles. The lowest BCUT2D eigenvalue weighted by Gasteiger charge is -2.14. The minimum Gasteiger partial charge on any atom is -0.383 e. The second-order valence-corrected chi connectivity index (χ2v) is 10.8. The van der Waals surface area contributed by atoms with Crippen LogP contribution >= 0.6 is 23.4 Å². The van der Waals surface area contributed by atoms with Gasteiger partial charge < -0.3 is 11.5 Å². The zero-order chi connectivity index (χ0) is 27.9. The highest BCUT2D eigenvalue weighted by atomic mass is 35.5. The van der Waals surface area contributed by atoms with Gasteiger partial charge in [0.05, 0.1) is 10.4 Å². The van der Waals surface area contributed by atoms with E-state index in [2.05, 4.69) is 28.7 Å². The van der Waals surface area contributed by atoms with Crippen molar-refractivity contribution in [2.45, 2.75) is 43.3 Å². The van der Waals surface area contributed by atoms with E-state index in [1.54, 1.807) is 22.9 Å². The van der Waals surface area contributed by atoms with Gasteiger partial charge in [-0.25, -0.2) is 4.98 Å². The van der Waals surface area contributed by atoms with Crippen LogP contribution in [0, 0.1) is 0 Å². The Labute approximate surface area is 238 Å². The molecular formula is C31H32ClN5OS. The minimum atomic E-state index is -0.106. The Kier molecular flexibility index (Phi) is 9.28. The number of aromatic nitrogens is 3. The highest BCUT2D eigenvalue weighted by Crippen LogP contribution is 2.40. The normalized spacial score (nSPS) is 13.4. The van der Waals surface area contributed by atoms with Gasteiger partial charge in [-0.15, -0.1) is 11.8 Å². The minimum absolute atomic E-state index is 0.106. The first-order valence-corrected chi connectivity index (χ1v) is 14.1. The monoisotopic (exact) mass is 557 g/mol. The summed E-state index contributed by atoms with van der Waals surface area (Å²) in [6.45, 7) is 7.77. The van der Waals surface area contributed by atoms with Crippen LogP contribution in [-0.2, 0) is 6.42 Å². The van der Waals surface area contributed by atoms with Gasteiger partial charge in [0.25, 0.3) is 5.56 Å². The number of fused-ring (bicyclic) bond motifs is 1. The molecule has 0 aliphatic heterocycles. The second-order valence-electron chi connectivity index (χ2n) is 9.03. The van der Waals surface area contributed by atoms with Gasteiger partial charge in [0.1, 0.15) is 5.82 Å². The van der Waals surface area contributed by atoms with E-state index in [0.717, 1.165) is 39.6 Å². The molecular weight excluding hydrogens is 526 g/mol. The van der Waals surface area contributed by atoms with Crippen molar-refractivity contribution in [1.29, 1.82) is 0 Å². The molecule has 2 heterocycles. The summed E-state index contributed by atoms with van der Waals surface area (Å²) in [6.07, 6.45) is 12.4. The molecule has 0 bridgehead atoms. The van der Waals surface area contributed by atoms with Crippen LogP contribution in [0.15, 0.2) is 95.3 Å². The topological polar surface area (TPSA) is 99.8 Å². The summed E-state index contributed by atoms with van der Waals surface area (Å²) in [4.78, 5) is 22.1. The quantitative estimate of drug-likeness (QED) is 0.230. The summed E-state index contributed by atoms with van der Waals surface area (Å²) in [5.41, 5.74) is 14.8. The van der Waals surface area contributed by atoms with Crippen molar-refractivity contribution in [1.82, 2.24) is 14.5 Å². The summed E-state index contributed by atoms with van der Waals surface area (Å²) >= 11 is 8.13. The molecule has 0 atom stereocenters. The van der Waals surface area contributed by atoms with Gasteiger partial charge >= 0.3 is 0 Å². The third kappa shape index (κ3) is 6.80. The van der Waals surface area contributed by atoms with Gasteiger partial charge in [0.15, 0.2) is 0 Å². The maximum absolute atomic E-state index is 12.9. The highest BCUT2D eigenvalue weighted by molar-refractivity contribution is 8.00. The smallest absolute Gasteiger partial charge is 0.264 e. The number of hydrogen-bond acceptors (Lipinski definition) is 6. The van der Waals surface area contributed by atoms with E-state index in [1.165, 1.54) is 17.7 Å². The average molecular weight is 558 g/mol. The van der Waals surface area contributed by atoms with Gasteiger partial charge in [-0.2, -0.15) is 4.98 Å². The number of thioether (sulfide) groups is 1. The standard InChI is InChI=1S/C18H18ClNO.C13H14N4S/c1-4-7-10-14(5-2)20-15(6-3)12-13-9-8-11-16(19)17(13)18(20)21;14-12-11(7-16-13(15)17-12)8-2-1-3-10(6-8)18-9-4-5-9/h4-5,7-12H,2,6H2,1,3H3;1-3,6-7,9H,4-5H2,(H4,14,15,16,17)/b7-4-,14-10+;. The van der Waals surface area contributed by atoms with Crippen LogP contribution in [0.4, 0.5) is 11.8 Å². The predicted octanol–water partition coefficient (Wildman–Crippen LogP) is 7.38. The first kappa shape index (κ1) is 28.2. The third-order valence-electron chi connectivity index (χ3n) is 6.17. The number of allylic oxidation sites excluding steroid dienone is 5. The number of nitrogens with zero attached hydrogens (tertiary/aromatic N) is 3. The SMILES string of the molecule is C=C/C(=C\C=C/C)n1c(CC)cc2cccc(Cl)c2c1=O.Nc1ncc(-c2cccc(SC3CC3)c2)c(N)n1. The van der Waals surface area contributed by atoms with Crippen LogP contribution in [0.25, 0.3) is 27.6 Å². The van der Waals surface area contributed by atoms with Crippen molar-refractivity contribution in [3.63, 3.8) is 0 Å². The average Bonchev–Trinajstić information content (AvgIpc) is 3.74. The molecule has 0 unspecified atom stereocenters.